The first-order chi connectivity index (χ1) is 27.0. The van der Waals surface area contributed by atoms with Crippen molar-refractivity contribution in [1.29, 1.82) is 0 Å². The molecule has 6 aromatic rings. The average molecular weight is 819 g/mol. The van der Waals surface area contributed by atoms with Crippen molar-refractivity contribution in [3.05, 3.63) is 147 Å². The highest BCUT2D eigenvalue weighted by atomic mass is 35.5. The Balaban J connectivity index is 0.000000205. The van der Waals surface area contributed by atoms with Gasteiger partial charge in [-0.3, -0.25) is 28.8 Å². The fourth-order valence-electron chi connectivity index (χ4n) is 5.02. The molecule has 0 saturated heterocycles. The molecule has 6 rings (SSSR count). The molecule has 0 saturated carbocycles. The first kappa shape index (κ1) is 43.1. The molecule has 15 nitrogen and oxygen atoms in total. The van der Waals surface area contributed by atoms with Gasteiger partial charge in [0.25, 0.3) is 33.5 Å². The van der Waals surface area contributed by atoms with E-state index in [1.807, 2.05) is 36.4 Å². The zero-order chi connectivity index (χ0) is 42.1. The Morgan fingerprint density at radius 1 is 0.632 bits per heavy atom. The normalized spacial score (nSPS) is 10.4. The van der Waals surface area contributed by atoms with E-state index in [1.54, 1.807) is 45.3 Å². The highest BCUT2D eigenvalue weighted by Gasteiger charge is 2.25. The Hall–Kier alpha value is -6.68. The molecule has 0 bridgehead atoms. The number of aromatic hydroxyl groups is 2. The van der Waals surface area contributed by atoms with E-state index in [1.165, 1.54) is 48.2 Å². The van der Waals surface area contributed by atoms with Crippen molar-refractivity contribution in [3.63, 3.8) is 0 Å². The molecule has 57 heavy (non-hydrogen) atoms. The lowest BCUT2D eigenvalue weighted by Crippen LogP contribution is -2.40. The van der Waals surface area contributed by atoms with Crippen molar-refractivity contribution in [2.75, 3.05) is 50.7 Å². The summed E-state index contributed by atoms with van der Waals surface area (Å²) in [6, 6.07) is 23.7. The Labute approximate surface area is 335 Å². The van der Waals surface area contributed by atoms with E-state index in [0.29, 0.717) is 23.0 Å². The van der Waals surface area contributed by atoms with Gasteiger partial charge in [0.1, 0.15) is 17.1 Å². The lowest BCUT2D eigenvalue weighted by Gasteiger charge is -2.18. The van der Waals surface area contributed by atoms with E-state index >= 15 is 0 Å². The van der Waals surface area contributed by atoms with Gasteiger partial charge in [0.05, 0.1) is 23.4 Å². The number of phenolic OH excluding ortho intramolecular Hbond substituents is 2. The number of halogens is 2. The van der Waals surface area contributed by atoms with Crippen LogP contribution in [0.4, 0.5) is 39.8 Å². The number of anilines is 6. The number of nitrogens with one attached hydrogen (secondary N) is 3. The first-order valence-electron chi connectivity index (χ1n) is 17.0. The minimum Gasteiger partial charge on any atom is -0.505 e. The number of phenols is 2. The summed E-state index contributed by atoms with van der Waals surface area (Å²) in [6.07, 6.45) is 0. The van der Waals surface area contributed by atoms with Crippen molar-refractivity contribution in [2.24, 2.45) is 0 Å². The zero-order valence-corrected chi connectivity index (χ0v) is 32.9. The van der Waals surface area contributed by atoms with Crippen molar-refractivity contribution in [1.82, 2.24) is 9.80 Å². The van der Waals surface area contributed by atoms with Gasteiger partial charge in [0.2, 0.25) is 0 Å². The van der Waals surface area contributed by atoms with Gasteiger partial charge in [-0.2, -0.15) is 0 Å². The second-order valence-electron chi connectivity index (χ2n) is 12.5. The van der Waals surface area contributed by atoms with Crippen LogP contribution < -0.4 is 48.1 Å². The average Bonchev–Trinajstić information content (AvgIpc) is 3.20. The zero-order valence-electron chi connectivity index (χ0n) is 31.4. The van der Waals surface area contributed by atoms with E-state index < -0.39 is 27.6 Å². The smallest absolute Gasteiger partial charge is 0.272 e. The molecule has 296 valence electrons. The van der Waals surface area contributed by atoms with Gasteiger partial charge >= 0.3 is 0 Å². The van der Waals surface area contributed by atoms with E-state index in [4.69, 9.17) is 27.9 Å². The highest BCUT2D eigenvalue weighted by Crippen LogP contribution is 2.36. The number of carbonyl (C=O) groups excluding carboxylic acids is 2. The minimum atomic E-state index is -0.728. The number of ether oxygens (including phenoxy) is 1. The van der Waals surface area contributed by atoms with Crippen LogP contribution in [0.2, 0.25) is 10.0 Å². The standard InChI is InChI=1S/C19H16ClN3O4.C12H11NO3.C9H11ClN2O2/c1-23(2)19(27)12-8-10(20)9-13(16(12)24)22-15-14(17(25)18(15)26)21-11-6-4-3-5-7-11;1-2-16-12-9(10(14)11(12)15)13-8-6-4-3-5-7-8;1-12(2)9(14)6-3-5(10)4-7(11)8(6)13/h3-9,21-22,24H,1-2H3;3-7,13H,2H2,1H3;3-4,13H,11H2,1-2H3/p+1. The molecule has 0 unspecified atom stereocenters. The van der Waals surface area contributed by atoms with Crippen LogP contribution in [0.25, 0.3) is 0 Å². The lowest BCUT2D eigenvalue weighted by atomic mass is 10.1. The number of benzene rings is 4. The maximum atomic E-state index is 12.2. The summed E-state index contributed by atoms with van der Waals surface area (Å²) in [7, 11) is 6.28. The van der Waals surface area contributed by atoms with Crippen LogP contribution >= 0.6 is 23.2 Å². The monoisotopic (exact) mass is 817 g/mol. The van der Waals surface area contributed by atoms with Crippen molar-refractivity contribution in [3.8, 4) is 17.2 Å². The van der Waals surface area contributed by atoms with Crippen molar-refractivity contribution < 1.29 is 30.3 Å². The molecule has 17 heteroatoms. The summed E-state index contributed by atoms with van der Waals surface area (Å²) in [6.45, 7) is 2.14. The summed E-state index contributed by atoms with van der Waals surface area (Å²) in [5, 5.41) is 29.0. The van der Waals surface area contributed by atoms with E-state index in [-0.39, 0.29) is 62.1 Å². The first-order valence-corrected chi connectivity index (χ1v) is 17.7. The molecule has 0 aliphatic heterocycles. The topological polar surface area (TPSA) is 222 Å². The van der Waals surface area contributed by atoms with Crippen molar-refractivity contribution >= 4 is 74.8 Å². The third-order valence-corrected chi connectivity index (χ3v) is 8.35. The number of nitrogens with zero attached hydrogens (tertiary/aromatic N) is 2. The Bertz CT molecular complexity index is 2550. The maximum absolute atomic E-state index is 12.2. The predicted molar refractivity (Wildman–Crippen MR) is 221 cm³/mol. The van der Waals surface area contributed by atoms with Gasteiger partial charge in [-0.05, 0) is 49.4 Å². The van der Waals surface area contributed by atoms with Crippen molar-refractivity contribution in [2.45, 2.75) is 6.92 Å². The molecule has 6 aromatic carbocycles. The number of amides is 2. The second-order valence-corrected chi connectivity index (χ2v) is 13.4. The minimum absolute atomic E-state index is 0.00956. The Morgan fingerprint density at radius 2 is 1.05 bits per heavy atom. The van der Waals surface area contributed by atoms with Crippen LogP contribution in [0.5, 0.6) is 17.2 Å². The van der Waals surface area contributed by atoms with Crippen LogP contribution in [-0.2, 0) is 0 Å². The van der Waals surface area contributed by atoms with Crippen LogP contribution in [0.3, 0.4) is 0 Å². The number of carbonyl (C=O) groups is 2. The molecule has 8 N–H and O–H groups in total. The van der Waals surface area contributed by atoms with E-state index in [2.05, 4.69) is 21.7 Å². The van der Waals surface area contributed by atoms with Gasteiger partial charge in [0.15, 0.2) is 22.9 Å². The number of para-hydroxylation sites is 2. The molecule has 2 amide bonds. The molecule has 0 aliphatic rings. The van der Waals surface area contributed by atoms with E-state index in [9.17, 15) is 39.0 Å². The largest absolute Gasteiger partial charge is 0.505 e. The summed E-state index contributed by atoms with van der Waals surface area (Å²) < 4.78 is 5.09. The van der Waals surface area contributed by atoms with Gasteiger partial charge < -0.3 is 46.4 Å². The molecule has 0 atom stereocenters. The maximum Gasteiger partial charge on any atom is 0.272 e. The van der Waals surface area contributed by atoms with Gasteiger partial charge in [-0.15, -0.1) is 0 Å². The summed E-state index contributed by atoms with van der Waals surface area (Å²) in [4.78, 5) is 72.8. The fraction of sp³-hybridized carbons (Fsp3) is 0.150. The van der Waals surface area contributed by atoms with Crippen LogP contribution in [-0.4, -0.2) is 66.6 Å². The summed E-state index contributed by atoms with van der Waals surface area (Å²) >= 11 is 11.8. The van der Waals surface area contributed by atoms with Gasteiger partial charge in [-0.1, -0.05) is 59.6 Å². The predicted octanol–water partition coefficient (Wildman–Crippen LogP) is 4.88. The number of hydrogen-bond donors (Lipinski definition) is 6. The fourth-order valence-corrected chi connectivity index (χ4v) is 5.48. The highest BCUT2D eigenvalue weighted by molar-refractivity contribution is 6.31. The number of quaternary nitrogens is 1. The summed E-state index contributed by atoms with van der Waals surface area (Å²) in [5.41, 5.74) is 3.36. The molecular formula is C40H39Cl2N6O9+. The van der Waals surface area contributed by atoms with Gasteiger partial charge in [0, 0.05) is 55.7 Å². The quantitative estimate of drug-likeness (QED) is 0.0805. The molecule has 0 aromatic heterocycles. The molecule has 0 spiro atoms. The van der Waals surface area contributed by atoms with Crippen LogP contribution in [0.1, 0.15) is 27.6 Å². The molecule has 0 radical (unpaired) electrons. The Kier molecular flexibility index (Phi) is 14.2. The molecule has 0 aliphatic carbocycles. The SMILES string of the molecule is CCOc1c(Nc2ccccc2)c(=O)c1=O.CN(C)C(=O)c1cc(Cl)cc(Nc2c(Nc3ccccc3)c(=O)c2=O)c1O.CN(C)C(=O)c1cc(Cl)cc([NH3+])c1O. The van der Waals surface area contributed by atoms with E-state index in [0.717, 1.165) is 5.69 Å². The van der Waals surface area contributed by atoms with Gasteiger partial charge in [-0.25, -0.2) is 0 Å². The van der Waals surface area contributed by atoms with Crippen LogP contribution in [0, 0.1) is 0 Å². The second kappa shape index (κ2) is 18.8. The molecular weight excluding hydrogens is 779 g/mol. The lowest BCUT2D eigenvalue weighted by molar-refractivity contribution is -0.256. The third-order valence-electron chi connectivity index (χ3n) is 7.91. The molecule has 0 fully saturated rings. The van der Waals surface area contributed by atoms with Crippen LogP contribution in [0.15, 0.2) is 104 Å². The molecule has 0 heterocycles. The Morgan fingerprint density at radius 3 is 1.53 bits per heavy atom. The third kappa shape index (κ3) is 10.1. The number of rotatable bonds is 10. The summed E-state index contributed by atoms with van der Waals surface area (Å²) in [5.74, 6) is -1.10. The number of hydrogen-bond acceptors (Lipinski definition) is 12.